The van der Waals surface area contributed by atoms with Gasteiger partial charge in [-0.2, -0.15) is 13.2 Å². The molecule has 0 bridgehead atoms. The van der Waals surface area contributed by atoms with Crippen molar-refractivity contribution in [3.8, 4) is 5.75 Å². The first-order chi connectivity index (χ1) is 12.0. The first-order valence-electron chi connectivity index (χ1n) is 6.78. The van der Waals surface area contributed by atoms with Crippen LogP contribution in [0.3, 0.4) is 0 Å². The lowest BCUT2D eigenvalue weighted by molar-refractivity contribution is -0.0436. The van der Waals surface area contributed by atoms with E-state index in [0.29, 0.717) is 17.0 Å². The fourth-order valence-electron chi connectivity index (χ4n) is 2.43. The van der Waals surface area contributed by atoms with E-state index in [1.807, 2.05) is 0 Å². The summed E-state index contributed by atoms with van der Waals surface area (Å²) in [5, 5.41) is 10.1. The van der Waals surface area contributed by atoms with E-state index in [4.69, 9.17) is 0 Å². The predicted octanol–water partition coefficient (Wildman–Crippen LogP) is 3.25. The summed E-state index contributed by atoms with van der Waals surface area (Å²) in [6, 6.07) is 6.60. The molecule has 0 spiro atoms. The fourth-order valence-corrected chi connectivity index (χ4v) is 3.84. The van der Waals surface area contributed by atoms with E-state index in [9.17, 15) is 36.3 Å². The van der Waals surface area contributed by atoms with Gasteiger partial charge in [0.2, 0.25) is 0 Å². The second-order valence-corrected chi connectivity index (χ2v) is 8.01. The Morgan fingerprint density at radius 3 is 1.96 bits per heavy atom. The summed E-state index contributed by atoms with van der Waals surface area (Å²) >= 11 is 2.75. The van der Waals surface area contributed by atoms with E-state index >= 15 is 0 Å². The molecular weight excluding hydrogens is 443 g/mol. The summed E-state index contributed by atoms with van der Waals surface area (Å²) in [5.74, 6) is -2.54. The molecule has 0 unspecified atom stereocenters. The number of carbonyl (C=O) groups is 2. The molecule has 2 amide bonds. The molecule has 2 aromatic carbocycles. The van der Waals surface area contributed by atoms with Crippen molar-refractivity contribution in [1.29, 1.82) is 0 Å². The molecule has 1 aliphatic heterocycles. The molecule has 0 aliphatic carbocycles. The normalized spacial score (nSPS) is 14.7. The van der Waals surface area contributed by atoms with Gasteiger partial charge < -0.3 is 5.11 Å². The highest BCUT2D eigenvalue weighted by Gasteiger charge is 2.48. The lowest BCUT2D eigenvalue weighted by Gasteiger charge is -2.18. The Labute approximate surface area is 152 Å². The Morgan fingerprint density at radius 2 is 1.50 bits per heavy atom. The van der Waals surface area contributed by atoms with E-state index in [2.05, 4.69) is 15.9 Å². The number of imide groups is 1. The van der Waals surface area contributed by atoms with Crippen LogP contribution in [-0.2, 0) is 9.84 Å². The van der Waals surface area contributed by atoms with Crippen molar-refractivity contribution >= 4 is 43.3 Å². The SMILES string of the molecule is O=C1c2ccccc2C(=O)N1c1cc(S(=O)(=O)C(F)(F)F)cc(Br)c1O. The first kappa shape index (κ1) is 18.4. The third-order valence-corrected chi connectivity index (χ3v) is 5.74. The molecule has 0 fully saturated rings. The molecule has 11 heteroatoms. The second-order valence-electron chi connectivity index (χ2n) is 5.21. The number of carbonyl (C=O) groups excluding carboxylic acids is 2. The number of alkyl halides is 3. The van der Waals surface area contributed by atoms with Crippen LogP contribution >= 0.6 is 15.9 Å². The highest BCUT2D eigenvalue weighted by molar-refractivity contribution is 9.10. The van der Waals surface area contributed by atoms with Gasteiger partial charge in [0.25, 0.3) is 21.7 Å². The molecule has 0 atom stereocenters. The molecule has 0 saturated heterocycles. The van der Waals surface area contributed by atoms with E-state index in [0.717, 1.165) is 0 Å². The molecule has 136 valence electrons. The number of benzene rings is 2. The molecule has 0 aromatic heterocycles. The van der Waals surface area contributed by atoms with Crippen LogP contribution in [0.25, 0.3) is 0 Å². The Hall–Kier alpha value is -2.40. The van der Waals surface area contributed by atoms with Crippen molar-refractivity contribution in [2.45, 2.75) is 10.4 Å². The van der Waals surface area contributed by atoms with Crippen LogP contribution in [0.15, 0.2) is 45.8 Å². The van der Waals surface area contributed by atoms with Gasteiger partial charge in [0.15, 0.2) is 5.75 Å². The number of sulfone groups is 1. The lowest BCUT2D eigenvalue weighted by Crippen LogP contribution is -2.30. The van der Waals surface area contributed by atoms with Crippen molar-refractivity contribution < 1.29 is 36.3 Å². The third-order valence-electron chi connectivity index (χ3n) is 3.67. The zero-order valence-corrected chi connectivity index (χ0v) is 14.8. The Morgan fingerprint density at radius 1 is 1.00 bits per heavy atom. The molecule has 1 heterocycles. The summed E-state index contributed by atoms with van der Waals surface area (Å²) in [6.45, 7) is 0. The highest BCUT2D eigenvalue weighted by Crippen LogP contribution is 2.42. The largest absolute Gasteiger partial charge is 0.505 e. The molecule has 2 aromatic rings. The van der Waals surface area contributed by atoms with E-state index in [-0.39, 0.29) is 11.1 Å². The number of rotatable bonds is 2. The second kappa shape index (κ2) is 5.81. The average molecular weight is 450 g/mol. The van der Waals surface area contributed by atoms with E-state index < -0.39 is 48.0 Å². The minimum Gasteiger partial charge on any atom is -0.505 e. The highest BCUT2D eigenvalue weighted by atomic mass is 79.9. The maximum Gasteiger partial charge on any atom is 0.501 e. The zero-order valence-electron chi connectivity index (χ0n) is 12.4. The van der Waals surface area contributed by atoms with Gasteiger partial charge >= 0.3 is 5.51 Å². The van der Waals surface area contributed by atoms with Gasteiger partial charge in [-0.25, -0.2) is 13.3 Å². The minimum atomic E-state index is -5.76. The van der Waals surface area contributed by atoms with Crippen LogP contribution in [0.4, 0.5) is 18.9 Å². The number of halogens is 4. The molecule has 1 aliphatic rings. The van der Waals surface area contributed by atoms with Gasteiger partial charge in [-0.05, 0) is 40.2 Å². The maximum atomic E-state index is 12.8. The quantitative estimate of drug-likeness (QED) is 0.710. The van der Waals surface area contributed by atoms with Gasteiger partial charge in [-0.1, -0.05) is 12.1 Å². The third kappa shape index (κ3) is 2.58. The summed E-state index contributed by atoms with van der Waals surface area (Å²) in [4.78, 5) is 24.1. The monoisotopic (exact) mass is 449 g/mol. The van der Waals surface area contributed by atoms with E-state index in [1.165, 1.54) is 24.3 Å². The predicted molar refractivity (Wildman–Crippen MR) is 86.6 cm³/mol. The summed E-state index contributed by atoms with van der Waals surface area (Å²) in [7, 11) is -5.76. The first-order valence-corrected chi connectivity index (χ1v) is 9.06. The molecule has 0 radical (unpaired) electrons. The summed E-state index contributed by atoms with van der Waals surface area (Å²) < 4.78 is 61.3. The van der Waals surface area contributed by atoms with Crippen molar-refractivity contribution in [3.63, 3.8) is 0 Å². The molecule has 1 N–H and O–H groups in total. The summed E-state index contributed by atoms with van der Waals surface area (Å²) in [6.07, 6.45) is 0. The fraction of sp³-hybridized carbons (Fsp3) is 0.0667. The van der Waals surface area contributed by atoms with Crippen molar-refractivity contribution in [1.82, 2.24) is 0 Å². The number of phenols is 1. The number of phenolic OH excluding ortho intramolecular Hbond substituents is 1. The van der Waals surface area contributed by atoms with Crippen molar-refractivity contribution in [2.24, 2.45) is 0 Å². The van der Waals surface area contributed by atoms with Gasteiger partial charge in [0.05, 0.1) is 26.2 Å². The van der Waals surface area contributed by atoms with Crippen LogP contribution in [-0.4, -0.2) is 30.8 Å². The Bertz CT molecular complexity index is 1030. The van der Waals surface area contributed by atoms with Crippen molar-refractivity contribution in [2.75, 3.05) is 4.90 Å². The molecule has 0 saturated carbocycles. The molecular formula is C15H7BrF3NO5S. The number of nitrogens with zero attached hydrogens (tertiary/aromatic N) is 1. The lowest BCUT2D eigenvalue weighted by atomic mass is 10.1. The minimum absolute atomic E-state index is 0.0166. The smallest absolute Gasteiger partial charge is 0.501 e. The average Bonchev–Trinajstić information content (AvgIpc) is 2.81. The van der Waals surface area contributed by atoms with Gasteiger partial charge in [-0.3, -0.25) is 9.59 Å². The van der Waals surface area contributed by atoms with E-state index in [1.54, 1.807) is 0 Å². The van der Waals surface area contributed by atoms with Gasteiger partial charge in [0, 0.05) is 0 Å². The Balaban J connectivity index is 2.22. The number of hydrogen-bond donors (Lipinski definition) is 1. The molecule has 3 rings (SSSR count). The zero-order chi connectivity index (χ0) is 19.4. The number of anilines is 1. The van der Waals surface area contributed by atoms with Crippen LogP contribution < -0.4 is 4.90 Å². The van der Waals surface area contributed by atoms with Crippen LogP contribution in [0, 0.1) is 0 Å². The number of hydrogen-bond acceptors (Lipinski definition) is 5. The van der Waals surface area contributed by atoms with Gasteiger partial charge in [-0.15, -0.1) is 0 Å². The standard InChI is InChI=1S/C15H7BrF3NO5S/c16-10-5-7(26(24,25)15(17,18)19)6-11(12(10)21)20-13(22)8-3-1-2-4-9(8)14(20)23/h1-6,21H. The maximum absolute atomic E-state index is 12.8. The summed E-state index contributed by atoms with van der Waals surface area (Å²) in [5.41, 5.74) is -6.30. The van der Waals surface area contributed by atoms with Crippen LogP contribution in [0.5, 0.6) is 5.75 Å². The number of amides is 2. The molecule has 6 nitrogen and oxygen atoms in total. The van der Waals surface area contributed by atoms with Gasteiger partial charge in [0.1, 0.15) is 0 Å². The topological polar surface area (TPSA) is 91.8 Å². The van der Waals surface area contributed by atoms with Crippen LogP contribution in [0.2, 0.25) is 0 Å². The number of fused-ring (bicyclic) bond motifs is 1. The van der Waals surface area contributed by atoms with Crippen LogP contribution in [0.1, 0.15) is 20.7 Å². The molecule has 26 heavy (non-hydrogen) atoms. The Kier molecular flexibility index (Phi) is 4.11. The van der Waals surface area contributed by atoms with Crippen molar-refractivity contribution in [3.05, 3.63) is 52.0 Å². The number of aromatic hydroxyl groups is 1.